The van der Waals surface area contributed by atoms with Gasteiger partial charge in [-0.1, -0.05) is 23.7 Å². The molecule has 0 amide bonds. The van der Waals surface area contributed by atoms with E-state index < -0.39 is 12.5 Å². The van der Waals surface area contributed by atoms with Crippen LogP contribution in [0.5, 0.6) is 0 Å². The molecule has 0 unspecified atom stereocenters. The number of hydrogen-bond donors (Lipinski definition) is 1. The van der Waals surface area contributed by atoms with Gasteiger partial charge in [0.1, 0.15) is 0 Å². The molecule has 0 aliphatic heterocycles. The monoisotopic (exact) mass is 241 g/mol. The zero-order valence-corrected chi connectivity index (χ0v) is 8.86. The highest BCUT2D eigenvalue weighted by Crippen LogP contribution is 2.19. The number of rotatable bonds is 3. The van der Waals surface area contributed by atoms with Crippen molar-refractivity contribution in [1.82, 2.24) is 0 Å². The predicted molar refractivity (Wildman–Crippen MR) is 56.2 cm³/mol. The molecule has 0 spiro atoms. The maximum Gasteiger partial charge on any atom is 0.240 e. The Morgan fingerprint density at radius 2 is 1.71 bits per heavy atom. The van der Waals surface area contributed by atoms with Crippen molar-refractivity contribution in [3.63, 3.8) is 0 Å². The molecule has 0 bridgehead atoms. The lowest BCUT2D eigenvalue weighted by atomic mass is 10.1. The van der Waals surface area contributed by atoms with E-state index in [4.69, 9.17) is 17.3 Å². The topological polar surface area (TPSA) is 26.0 Å². The van der Waals surface area contributed by atoms with Gasteiger partial charge in [0.15, 0.2) is 0 Å². The molecule has 1 rings (SSSR count). The van der Waals surface area contributed by atoms with Crippen LogP contribution in [0.15, 0.2) is 24.3 Å². The standard InChI is InChI=1S/C9H10ClF2N.ClH/c10-7-3-1-6(2-4-7)8(13)5-9(11)12;/h1-4,8-9H,5,13H2;1H/t8-;/m1./s1. The van der Waals surface area contributed by atoms with Gasteiger partial charge in [0.2, 0.25) is 6.43 Å². The van der Waals surface area contributed by atoms with E-state index in [-0.39, 0.29) is 18.8 Å². The van der Waals surface area contributed by atoms with Gasteiger partial charge in [-0.2, -0.15) is 0 Å². The molecule has 1 aromatic carbocycles. The Hall–Kier alpha value is -0.380. The quantitative estimate of drug-likeness (QED) is 0.863. The van der Waals surface area contributed by atoms with Crippen molar-refractivity contribution >= 4 is 24.0 Å². The van der Waals surface area contributed by atoms with Crippen molar-refractivity contribution in [3.8, 4) is 0 Å². The van der Waals surface area contributed by atoms with Gasteiger partial charge in [0, 0.05) is 17.5 Å². The van der Waals surface area contributed by atoms with E-state index in [0.717, 1.165) is 0 Å². The Bertz CT molecular complexity index is 264. The third-order valence-corrected chi connectivity index (χ3v) is 1.98. The second-order valence-corrected chi connectivity index (χ2v) is 3.22. The van der Waals surface area contributed by atoms with Gasteiger partial charge < -0.3 is 5.73 Å². The first kappa shape index (κ1) is 13.6. The van der Waals surface area contributed by atoms with Gasteiger partial charge in [-0.3, -0.25) is 0 Å². The summed E-state index contributed by atoms with van der Waals surface area (Å²) in [4.78, 5) is 0. The van der Waals surface area contributed by atoms with Crippen LogP contribution in [0, 0.1) is 0 Å². The average Bonchev–Trinajstić information content (AvgIpc) is 2.04. The van der Waals surface area contributed by atoms with E-state index in [1.807, 2.05) is 0 Å². The Morgan fingerprint density at radius 1 is 1.21 bits per heavy atom. The fourth-order valence-corrected chi connectivity index (χ4v) is 1.16. The van der Waals surface area contributed by atoms with Crippen LogP contribution in [0.3, 0.4) is 0 Å². The number of nitrogens with two attached hydrogens (primary N) is 1. The summed E-state index contributed by atoms with van der Waals surface area (Å²) in [6, 6.07) is 5.99. The van der Waals surface area contributed by atoms with Crippen LogP contribution in [0.1, 0.15) is 18.0 Å². The van der Waals surface area contributed by atoms with Crippen molar-refractivity contribution < 1.29 is 8.78 Å². The number of halogens is 4. The molecule has 80 valence electrons. The van der Waals surface area contributed by atoms with Crippen LogP contribution in [0.25, 0.3) is 0 Å². The van der Waals surface area contributed by atoms with Gasteiger partial charge in [0.05, 0.1) is 0 Å². The normalized spacial score (nSPS) is 12.4. The van der Waals surface area contributed by atoms with Crippen molar-refractivity contribution in [2.75, 3.05) is 0 Å². The summed E-state index contributed by atoms with van der Waals surface area (Å²) in [6.07, 6.45) is -2.69. The van der Waals surface area contributed by atoms with E-state index in [1.165, 1.54) is 0 Å². The van der Waals surface area contributed by atoms with E-state index in [0.29, 0.717) is 10.6 Å². The molecule has 0 aliphatic carbocycles. The molecule has 1 aromatic rings. The molecule has 5 heteroatoms. The Morgan fingerprint density at radius 3 is 2.14 bits per heavy atom. The molecule has 0 aliphatic rings. The molecule has 1 nitrogen and oxygen atoms in total. The molecule has 0 fully saturated rings. The van der Waals surface area contributed by atoms with Gasteiger partial charge in [-0.15, -0.1) is 12.4 Å². The van der Waals surface area contributed by atoms with Crippen LogP contribution < -0.4 is 5.73 Å². The summed E-state index contributed by atoms with van der Waals surface area (Å²) in [7, 11) is 0. The van der Waals surface area contributed by atoms with E-state index in [2.05, 4.69) is 0 Å². The molecule has 1 atom stereocenters. The van der Waals surface area contributed by atoms with Crippen LogP contribution in [-0.2, 0) is 0 Å². The van der Waals surface area contributed by atoms with Gasteiger partial charge in [-0.25, -0.2) is 8.78 Å². The highest BCUT2D eigenvalue weighted by atomic mass is 35.5. The molecule has 0 heterocycles. The van der Waals surface area contributed by atoms with Crippen LogP contribution >= 0.6 is 24.0 Å². The Labute approximate surface area is 92.7 Å². The molecular weight excluding hydrogens is 231 g/mol. The fraction of sp³-hybridized carbons (Fsp3) is 0.333. The minimum absolute atomic E-state index is 0. The van der Waals surface area contributed by atoms with Gasteiger partial charge >= 0.3 is 0 Å². The second kappa shape index (κ2) is 6.17. The molecule has 0 radical (unpaired) electrons. The highest BCUT2D eigenvalue weighted by molar-refractivity contribution is 6.30. The lowest BCUT2D eigenvalue weighted by Crippen LogP contribution is -2.13. The maximum absolute atomic E-state index is 11.9. The molecule has 0 saturated heterocycles. The lowest BCUT2D eigenvalue weighted by molar-refractivity contribution is 0.128. The molecule has 14 heavy (non-hydrogen) atoms. The van der Waals surface area contributed by atoms with Crippen molar-refractivity contribution in [2.24, 2.45) is 5.73 Å². The predicted octanol–water partition coefficient (Wildman–Crippen LogP) is 3.42. The van der Waals surface area contributed by atoms with Crippen LogP contribution in [0.2, 0.25) is 5.02 Å². The van der Waals surface area contributed by atoms with E-state index in [9.17, 15) is 8.78 Å². The number of benzene rings is 1. The summed E-state index contributed by atoms with van der Waals surface area (Å²) in [6.45, 7) is 0. The smallest absolute Gasteiger partial charge is 0.240 e. The van der Waals surface area contributed by atoms with Crippen molar-refractivity contribution in [2.45, 2.75) is 18.9 Å². The van der Waals surface area contributed by atoms with Crippen LogP contribution in [0.4, 0.5) is 8.78 Å². The zero-order valence-electron chi connectivity index (χ0n) is 7.29. The minimum Gasteiger partial charge on any atom is -0.324 e. The molecule has 0 saturated carbocycles. The fourth-order valence-electron chi connectivity index (χ4n) is 1.04. The number of alkyl halides is 2. The average molecular weight is 242 g/mol. The summed E-state index contributed by atoms with van der Waals surface area (Å²) in [5.74, 6) is 0. The molecule has 0 aromatic heterocycles. The maximum atomic E-state index is 11.9. The van der Waals surface area contributed by atoms with E-state index in [1.54, 1.807) is 24.3 Å². The van der Waals surface area contributed by atoms with E-state index >= 15 is 0 Å². The summed E-state index contributed by atoms with van der Waals surface area (Å²) in [5.41, 5.74) is 6.21. The Balaban J connectivity index is 0.00000169. The van der Waals surface area contributed by atoms with Crippen molar-refractivity contribution in [3.05, 3.63) is 34.9 Å². The molecular formula is C9H11Cl2F2N. The first-order valence-corrected chi connectivity index (χ1v) is 4.26. The zero-order chi connectivity index (χ0) is 9.84. The van der Waals surface area contributed by atoms with Crippen molar-refractivity contribution in [1.29, 1.82) is 0 Å². The second-order valence-electron chi connectivity index (χ2n) is 2.78. The van der Waals surface area contributed by atoms with Crippen LogP contribution in [-0.4, -0.2) is 6.43 Å². The summed E-state index contributed by atoms with van der Waals surface area (Å²) in [5, 5.41) is 0.577. The largest absolute Gasteiger partial charge is 0.324 e. The summed E-state index contributed by atoms with van der Waals surface area (Å²) < 4.78 is 23.9. The first-order valence-electron chi connectivity index (χ1n) is 3.89. The Kier molecular flexibility index (Phi) is 6.00. The van der Waals surface area contributed by atoms with Gasteiger partial charge in [-0.05, 0) is 17.7 Å². The lowest BCUT2D eigenvalue weighted by Gasteiger charge is -2.10. The SMILES string of the molecule is Cl.N[C@H](CC(F)F)c1ccc(Cl)cc1. The summed E-state index contributed by atoms with van der Waals surface area (Å²) >= 11 is 5.63. The highest BCUT2D eigenvalue weighted by Gasteiger charge is 2.12. The first-order chi connectivity index (χ1) is 6.09. The minimum atomic E-state index is -2.37. The number of hydrogen-bond acceptors (Lipinski definition) is 1. The molecule has 2 N–H and O–H groups in total. The third kappa shape index (κ3) is 4.22. The van der Waals surface area contributed by atoms with Gasteiger partial charge in [0.25, 0.3) is 0 Å². The third-order valence-electron chi connectivity index (χ3n) is 1.73.